The predicted molar refractivity (Wildman–Crippen MR) is 70.1 cm³/mol. The van der Waals surface area contributed by atoms with Gasteiger partial charge in [0, 0.05) is 12.1 Å². The van der Waals surface area contributed by atoms with Gasteiger partial charge in [0.1, 0.15) is 12.4 Å². The van der Waals surface area contributed by atoms with Crippen LogP contribution < -0.4 is 10.1 Å². The Balaban J connectivity index is 0.000000810. The van der Waals surface area contributed by atoms with Crippen LogP contribution in [0.25, 0.3) is 0 Å². The average molecular weight is 296 g/mol. The van der Waals surface area contributed by atoms with Gasteiger partial charge in [-0.25, -0.2) is 4.98 Å². The summed E-state index contributed by atoms with van der Waals surface area (Å²) in [4.78, 5) is 7.42. The fourth-order valence-corrected chi connectivity index (χ4v) is 2.65. The van der Waals surface area contributed by atoms with Crippen molar-refractivity contribution in [3.05, 3.63) is 18.3 Å². The Bertz CT molecular complexity index is 384. The second-order valence-electron chi connectivity index (χ2n) is 4.52. The normalized spacial score (nSPS) is 29.1. The Morgan fingerprint density at radius 2 is 1.89 bits per heavy atom. The number of halogens is 3. The van der Waals surface area contributed by atoms with Crippen LogP contribution in [-0.2, 0) is 0 Å². The molecule has 0 amide bonds. The molecule has 4 nitrogen and oxygen atoms in total. The number of rotatable bonds is 2. The second-order valence-corrected chi connectivity index (χ2v) is 4.52. The summed E-state index contributed by atoms with van der Waals surface area (Å²) in [7, 11) is 0. The van der Waals surface area contributed by atoms with Crippen LogP contribution in [0.2, 0.25) is 0 Å². The molecule has 2 aliphatic rings. The van der Waals surface area contributed by atoms with Crippen LogP contribution in [-0.4, -0.2) is 28.2 Å². The molecule has 2 atom stereocenters. The molecule has 18 heavy (non-hydrogen) atoms. The maximum absolute atomic E-state index is 13.3. The lowest BCUT2D eigenvalue weighted by atomic mass is 10.0. The van der Waals surface area contributed by atoms with Gasteiger partial charge < -0.3 is 10.1 Å². The Morgan fingerprint density at radius 3 is 2.50 bits per heavy atom. The molecular formula is C11H16Cl2FN3O. The van der Waals surface area contributed by atoms with E-state index in [2.05, 4.69) is 15.3 Å². The third-order valence-corrected chi connectivity index (χ3v) is 3.34. The van der Waals surface area contributed by atoms with Crippen molar-refractivity contribution in [2.45, 2.75) is 43.9 Å². The molecule has 0 aromatic carbocycles. The van der Waals surface area contributed by atoms with Gasteiger partial charge in [-0.15, -0.1) is 24.8 Å². The van der Waals surface area contributed by atoms with Gasteiger partial charge in [-0.05, 0) is 25.7 Å². The minimum atomic E-state index is -0.478. The van der Waals surface area contributed by atoms with Crippen molar-refractivity contribution < 1.29 is 9.13 Å². The molecule has 0 radical (unpaired) electrons. The smallest absolute Gasteiger partial charge is 0.253 e. The quantitative estimate of drug-likeness (QED) is 0.908. The van der Waals surface area contributed by atoms with Crippen molar-refractivity contribution in [1.29, 1.82) is 0 Å². The summed E-state index contributed by atoms with van der Waals surface area (Å²) < 4.78 is 18.9. The molecule has 1 N–H and O–H groups in total. The SMILES string of the molecule is Cl.Cl.Fc1cncnc1OC1CC2CCC(C1)N2. The largest absolute Gasteiger partial charge is 0.472 e. The summed E-state index contributed by atoms with van der Waals surface area (Å²) >= 11 is 0. The van der Waals surface area contributed by atoms with Gasteiger partial charge in [0.15, 0.2) is 0 Å². The van der Waals surface area contributed by atoms with Gasteiger partial charge in [0.25, 0.3) is 5.88 Å². The van der Waals surface area contributed by atoms with Gasteiger partial charge in [0.2, 0.25) is 5.82 Å². The molecule has 102 valence electrons. The minimum absolute atomic E-state index is 0. The fraction of sp³-hybridized carbons (Fsp3) is 0.636. The predicted octanol–water partition coefficient (Wildman–Crippen LogP) is 2.12. The molecule has 2 aliphatic heterocycles. The number of aromatic nitrogens is 2. The number of fused-ring (bicyclic) bond motifs is 2. The van der Waals surface area contributed by atoms with Crippen LogP contribution in [0.1, 0.15) is 25.7 Å². The molecule has 2 fully saturated rings. The topological polar surface area (TPSA) is 47.0 Å². The van der Waals surface area contributed by atoms with E-state index in [1.165, 1.54) is 19.2 Å². The van der Waals surface area contributed by atoms with Gasteiger partial charge in [-0.1, -0.05) is 0 Å². The van der Waals surface area contributed by atoms with Crippen molar-refractivity contribution in [2.75, 3.05) is 0 Å². The number of ether oxygens (including phenoxy) is 1. The van der Waals surface area contributed by atoms with Crippen LogP contribution in [0.3, 0.4) is 0 Å². The maximum Gasteiger partial charge on any atom is 0.253 e. The summed E-state index contributed by atoms with van der Waals surface area (Å²) in [5.74, 6) is -0.394. The van der Waals surface area contributed by atoms with E-state index in [0.29, 0.717) is 12.1 Å². The van der Waals surface area contributed by atoms with Crippen LogP contribution in [0.4, 0.5) is 4.39 Å². The highest BCUT2D eigenvalue weighted by Crippen LogP contribution is 2.29. The highest BCUT2D eigenvalue weighted by molar-refractivity contribution is 5.85. The van der Waals surface area contributed by atoms with E-state index in [1.54, 1.807) is 0 Å². The molecule has 2 bridgehead atoms. The van der Waals surface area contributed by atoms with E-state index in [9.17, 15) is 4.39 Å². The highest BCUT2D eigenvalue weighted by Gasteiger charge is 2.34. The van der Waals surface area contributed by atoms with Crippen molar-refractivity contribution in [3.8, 4) is 5.88 Å². The van der Waals surface area contributed by atoms with Crippen molar-refractivity contribution in [2.24, 2.45) is 0 Å². The van der Waals surface area contributed by atoms with E-state index in [0.717, 1.165) is 19.0 Å². The molecule has 2 unspecified atom stereocenters. The lowest BCUT2D eigenvalue weighted by Gasteiger charge is -2.29. The van der Waals surface area contributed by atoms with Crippen LogP contribution >= 0.6 is 24.8 Å². The van der Waals surface area contributed by atoms with Crippen molar-refractivity contribution in [3.63, 3.8) is 0 Å². The molecule has 1 aromatic rings. The highest BCUT2D eigenvalue weighted by atomic mass is 35.5. The molecule has 3 rings (SSSR count). The van der Waals surface area contributed by atoms with Crippen LogP contribution in [0.5, 0.6) is 5.88 Å². The number of piperidine rings is 1. The van der Waals surface area contributed by atoms with Crippen LogP contribution in [0, 0.1) is 5.82 Å². The molecule has 0 aliphatic carbocycles. The Labute approximate surface area is 118 Å². The summed E-state index contributed by atoms with van der Waals surface area (Å²) in [6.07, 6.45) is 6.84. The zero-order valence-electron chi connectivity index (χ0n) is 9.71. The first kappa shape index (κ1) is 15.4. The third kappa shape index (κ3) is 3.22. The van der Waals surface area contributed by atoms with Gasteiger partial charge in [0.05, 0.1) is 6.20 Å². The molecular weight excluding hydrogens is 280 g/mol. The van der Waals surface area contributed by atoms with E-state index in [1.807, 2.05) is 0 Å². The number of hydrogen-bond donors (Lipinski definition) is 1. The van der Waals surface area contributed by atoms with Gasteiger partial charge in [-0.3, -0.25) is 0 Å². The number of nitrogens with one attached hydrogen (secondary N) is 1. The zero-order valence-corrected chi connectivity index (χ0v) is 11.3. The van der Waals surface area contributed by atoms with Gasteiger partial charge >= 0.3 is 0 Å². The minimum Gasteiger partial charge on any atom is -0.472 e. The standard InChI is InChI=1S/C11H14FN3O.2ClH/c12-10-5-13-6-14-11(10)16-9-3-7-1-2-8(4-9)15-7;;/h5-9,15H,1-4H2;2*1H. The second kappa shape index (κ2) is 6.50. The fourth-order valence-electron chi connectivity index (χ4n) is 2.65. The number of hydrogen-bond acceptors (Lipinski definition) is 4. The summed E-state index contributed by atoms with van der Waals surface area (Å²) in [5, 5.41) is 3.51. The number of nitrogens with zero attached hydrogens (tertiary/aromatic N) is 2. The Kier molecular flexibility index (Phi) is 5.56. The first-order valence-electron chi connectivity index (χ1n) is 5.69. The maximum atomic E-state index is 13.3. The molecule has 7 heteroatoms. The first-order valence-corrected chi connectivity index (χ1v) is 5.69. The summed E-state index contributed by atoms with van der Waals surface area (Å²) in [6, 6.07) is 1.07. The zero-order chi connectivity index (χ0) is 11.0. The van der Waals surface area contributed by atoms with Crippen LogP contribution in [0.15, 0.2) is 12.5 Å². The Hall–Kier alpha value is -0.650. The summed E-state index contributed by atoms with van der Waals surface area (Å²) in [5.41, 5.74) is 0. The molecule has 0 spiro atoms. The average Bonchev–Trinajstić information content (AvgIpc) is 2.62. The lowest BCUT2D eigenvalue weighted by Crippen LogP contribution is -2.42. The molecule has 3 heterocycles. The van der Waals surface area contributed by atoms with E-state index < -0.39 is 5.82 Å². The molecule has 0 saturated carbocycles. The van der Waals surface area contributed by atoms with E-state index >= 15 is 0 Å². The van der Waals surface area contributed by atoms with E-state index in [4.69, 9.17) is 4.74 Å². The van der Waals surface area contributed by atoms with Gasteiger partial charge in [-0.2, -0.15) is 9.37 Å². The third-order valence-electron chi connectivity index (χ3n) is 3.34. The van der Waals surface area contributed by atoms with Crippen molar-refractivity contribution >= 4 is 24.8 Å². The summed E-state index contributed by atoms with van der Waals surface area (Å²) in [6.45, 7) is 0. The molecule has 1 aromatic heterocycles. The Morgan fingerprint density at radius 1 is 1.22 bits per heavy atom. The molecule has 2 saturated heterocycles. The monoisotopic (exact) mass is 295 g/mol. The van der Waals surface area contributed by atoms with Crippen molar-refractivity contribution in [1.82, 2.24) is 15.3 Å². The first-order chi connectivity index (χ1) is 7.81. The lowest BCUT2D eigenvalue weighted by molar-refractivity contribution is 0.125. The van der Waals surface area contributed by atoms with E-state index in [-0.39, 0.29) is 36.8 Å².